The predicted octanol–water partition coefficient (Wildman–Crippen LogP) is 4.82. The van der Waals surface area contributed by atoms with Crippen molar-refractivity contribution in [2.75, 3.05) is 13.7 Å². The number of aliphatic hydroxyl groups excluding tert-OH is 1. The molecule has 2 aromatic heterocycles. The minimum atomic E-state index is -1.07. The molecule has 1 unspecified atom stereocenters. The highest BCUT2D eigenvalue weighted by molar-refractivity contribution is 5.55. The maximum Gasteiger partial charge on any atom is 0.330 e. The monoisotopic (exact) mass is 671 g/mol. The fraction of sp³-hybridized carbons (Fsp3) is 0.231. The lowest BCUT2D eigenvalue weighted by atomic mass is 9.80. The number of H-pyrrole nitrogens is 1. The number of nitrogens with one attached hydrogen (secondary N) is 1. The third-order valence-electron chi connectivity index (χ3n) is 9.05. The van der Waals surface area contributed by atoms with Crippen LogP contribution in [0.4, 0.5) is 0 Å². The highest BCUT2D eigenvalue weighted by atomic mass is 16.6. The van der Waals surface area contributed by atoms with Crippen molar-refractivity contribution in [1.82, 2.24) is 24.5 Å². The van der Waals surface area contributed by atoms with Gasteiger partial charge < -0.3 is 19.3 Å². The van der Waals surface area contributed by atoms with Crippen molar-refractivity contribution in [3.05, 3.63) is 170 Å². The van der Waals surface area contributed by atoms with Crippen LogP contribution in [0.15, 0.2) is 131 Å². The van der Waals surface area contributed by atoms with Crippen LogP contribution in [0.2, 0.25) is 0 Å². The lowest BCUT2D eigenvalue weighted by Gasteiger charge is -2.37. The average molecular weight is 672 g/mol. The number of aromatic amines is 1. The molecule has 254 valence electrons. The van der Waals surface area contributed by atoms with Gasteiger partial charge in [0.05, 0.1) is 38.1 Å². The van der Waals surface area contributed by atoms with E-state index in [-0.39, 0.29) is 18.6 Å². The summed E-state index contributed by atoms with van der Waals surface area (Å²) in [6.07, 6.45) is 0.562. The highest BCUT2D eigenvalue weighted by Gasteiger charge is 2.42. The average Bonchev–Trinajstić information content (AvgIpc) is 3.75. The van der Waals surface area contributed by atoms with Crippen molar-refractivity contribution < 1.29 is 19.3 Å². The molecule has 0 amide bonds. The molecule has 1 aliphatic heterocycles. The summed E-state index contributed by atoms with van der Waals surface area (Å²) in [6, 6.07) is 35.5. The number of nitrogens with zero attached hydrogens (tertiary/aromatic N) is 4. The van der Waals surface area contributed by atoms with E-state index in [0.29, 0.717) is 18.0 Å². The number of ether oxygens (including phenoxy) is 3. The van der Waals surface area contributed by atoms with Crippen LogP contribution in [-0.4, -0.2) is 55.6 Å². The van der Waals surface area contributed by atoms with Gasteiger partial charge in [-0.1, -0.05) is 108 Å². The van der Waals surface area contributed by atoms with Crippen molar-refractivity contribution in [3.63, 3.8) is 0 Å². The number of benzene rings is 4. The Morgan fingerprint density at radius 1 is 0.900 bits per heavy atom. The van der Waals surface area contributed by atoms with Gasteiger partial charge in [0, 0.05) is 12.6 Å². The zero-order chi connectivity index (χ0) is 34.7. The SMILES string of the molecule is COc1ccc(C(OC[C@@H]2O[C@H](n3cc(-c4cn(Cc5cccc(C)c5)nn4)c(=O)[nH]c3=O)CC2O)(c2ccccc2)c2ccccc2)cc1. The number of hydrogen-bond donors (Lipinski definition) is 2. The van der Waals surface area contributed by atoms with Crippen LogP contribution in [0.1, 0.15) is 40.5 Å². The Kier molecular flexibility index (Phi) is 9.27. The van der Waals surface area contributed by atoms with E-state index >= 15 is 0 Å². The molecule has 1 fully saturated rings. The molecule has 7 rings (SSSR count). The minimum Gasteiger partial charge on any atom is -0.497 e. The largest absolute Gasteiger partial charge is 0.497 e. The first-order chi connectivity index (χ1) is 24.3. The van der Waals surface area contributed by atoms with Crippen molar-refractivity contribution in [2.24, 2.45) is 0 Å². The fourth-order valence-corrected chi connectivity index (χ4v) is 6.54. The molecule has 4 aromatic carbocycles. The summed E-state index contributed by atoms with van der Waals surface area (Å²) >= 11 is 0. The first kappa shape index (κ1) is 32.9. The Hall–Kier alpha value is -5.62. The molecule has 3 heterocycles. The van der Waals surface area contributed by atoms with E-state index in [1.807, 2.05) is 110 Å². The first-order valence-electron chi connectivity index (χ1n) is 16.4. The maximum atomic E-state index is 13.1. The molecule has 1 saturated heterocycles. The number of methoxy groups -OCH3 is 1. The Bertz CT molecular complexity index is 2140. The molecule has 3 atom stereocenters. The molecule has 11 nitrogen and oxygen atoms in total. The van der Waals surface area contributed by atoms with Crippen LogP contribution < -0.4 is 16.0 Å². The third-order valence-corrected chi connectivity index (χ3v) is 9.05. The summed E-state index contributed by atoms with van der Waals surface area (Å²) in [5.41, 5.74) is 2.94. The van der Waals surface area contributed by atoms with Gasteiger partial charge in [0.15, 0.2) is 0 Å². The quantitative estimate of drug-likeness (QED) is 0.188. The van der Waals surface area contributed by atoms with E-state index in [1.54, 1.807) is 18.0 Å². The Morgan fingerprint density at radius 3 is 2.24 bits per heavy atom. The summed E-state index contributed by atoms with van der Waals surface area (Å²) in [7, 11) is 1.62. The standard InChI is InChI=1S/C39H37N5O6/c1-26-10-9-11-27(20-26)22-43-24-33(41-42-43)32-23-44(38(47)40-37(32)46)36-21-34(45)35(50-36)25-49-39(28-12-5-3-6-13-28,29-14-7-4-8-15-29)30-16-18-31(48-2)19-17-30/h3-20,23-24,34-36,45H,21-22,25H2,1-2H3,(H,40,46,47)/t34?,35-,36-/m0/s1. The van der Waals surface area contributed by atoms with Crippen LogP contribution in [0, 0.1) is 6.92 Å². The maximum absolute atomic E-state index is 13.1. The lowest BCUT2D eigenvalue weighted by Crippen LogP contribution is -2.38. The molecule has 50 heavy (non-hydrogen) atoms. The van der Waals surface area contributed by atoms with E-state index in [9.17, 15) is 14.7 Å². The number of rotatable bonds is 11. The van der Waals surface area contributed by atoms with Crippen molar-refractivity contribution >= 4 is 0 Å². The van der Waals surface area contributed by atoms with Crippen LogP contribution in [0.3, 0.4) is 0 Å². The van der Waals surface area contributed by atoms with Crippen LogP contribution >= 0.6 is 0 Å². The smallest absolute Gasteiger partial charge is 0.330 e. The Labute approximate surface area is 288 Å². The van der Waals surface area contributed by atoms with Gasteiger partial charge in [-0.2, -0.15) is 0 Å². The van der Waals surface area contributed by atoms with Gasteiger partial charge in [0.25, 0.3) is 5.56 Å². The topological polar surface area (TPSA) is 133 Å². The van der Waals surface area contributed by atoms with E-state index in [4.69, 9.17) is 14.2 Å². The van der Waals surface area contributed by atoms with E-state index in [0.717, 1.165) is 27.8 Å². The summed E-state index contributed by atoms with van der Waals surface area (Å²) < 4.78 is 21.6. The third kappa shape index (κ3) is 6.53. The molecule has 0 bridgehead atoms. The molecule has 0 spiro atoms. The van der Waals surface area contributed by atoms with E-state index < -0.39 is 35.3 Å². The lowest BCUT2D eigenvalue weighted by molar-refractivity contribution is -0.0944. The molecule has 2 N–H and O–H groups in total. The highest BCUT2D eigenvalue weighted by Crippen LogP contribution is 2.42. The number of aryl methyl sites for hydroxylation is 1. The fourth-order valence-electron chi connectivity index (χ4n) is 6.54. The summed E-state index contributed by atoms with van der Waals surface area (Å²) in [5, 5.41) is 19.7. The molecule has 0 aliphatic carbocycles. The normalized spacial score (nSPS) is 17.5. The van der Waals surface area contributed by atoms with Gasteiger partial charge in [0.2, 0.25) is 0 Å². The molecular weight excluding hydrogens is 634 g/mol. The zero-order valence-electron chi connectivity index (χ0n) is 27.7. The van der Waals surface area contributed by atoms with Crippen LogP contribution in [0.25, 0.3) is 11.3 Å². The van der Waals surface area contributed by atoms with Crippen molar-refractivity contribution in [1.29, 1.82) is 0 Å². The van der Waals surface area contributed by atoms with E-state index in [1.165, 1.54) is 10.8 Å². The van der Waals surface area contributed by atoms with Gasteiger partial charge in [-0.15, -0.1) is 5.10 Å². The van der Waals surface area contributed by atoms with Crippen LogP contribution in [0.5, 0.6) is 5.75 Å². The number of aliphatic hydroxyl groups is 1. The Balaban J connectivity index is 1.16. The summed E-state index contributed by atoms with van der Waals surface area (Å²) in [6.45, 7) is 2.48. The second-order valence-corrected chi connectivity index (χ2v) is 12.4. The molecular formula is C39H37N5O6. The summed E-state index contributed by atoms with van der Waals surface area (Å²) in [4.78, 5) is 28.4. The van der Waals surface area contributed by atoms with Gasteiger partial charge in [-0.3, -0.25) is 14.3 Å². The van der Waals surface area contributed by atoms with Gasteiger partial charge in [-0.05, 0) is 41.3 Å². The first-order valence-corrected chi connectivity index (χ1v) is 16.4. The number of hydrogen-bond acceptors (Lipinski definition) is 8. The molecule has 0 saturated carbocycles. The molecule has 1 aliphatic rings. The van der Waals surface area contributed by atoms with Gasteiger partial charge >= 0.3 is 5.69 Å². The second-order valence-electron chi connectivity index (χ2n) is 12.4. The minimum absolute atomic E-state index is 0.00820. The van der Waals surface area contributed by atoms with Crippen LogP contribution in [-0.2, 0) is 21.6 Å². The molecule has 11 heteroatoms. The summed E-state index contributed by atoms with van der Waals surface area (Å²) in [5.74, 6) is 0.709. The second kappa shape index (κ2) is 14.1. The van der Waals surface area contributed by atoms with Gasteiger partial charge in [0.1, 0.15) is 29.4 Å². The van der Waals surface area contributed by atoms with E-state index in [2.05, 4.69) is 21.4 Å². The Morgan fingerprint density at radius 2 is 1.58 bits per heavy atom. The van der Waals surface area contributed by atoms with Gasteiger partial charge in [-0.25, -0.2) is 9.48 Å². The van der Waals surface area contributed by atoms with Crippen molar-refractivity contribution in [3.8, 4) is 17.0 Å². The number of aromatic nitrogens is 5. The predicted molar refractivity (Wildman–Crippen MR) is 187 cm³/mol. The zero-order valence-corrected chi connectivity index (χ0v) is 27.7. The molecule has 6 aromatic rings. The molecule has 0 radical (unpaired) electrons. The van der Waals surface area contributed by atoms with Crippen molar-refractivity contribution in [2.45, 2.75) is 43.9 Å².